The van der Waals surface area contributed by atoms with E-state index in [9.17, 15) is 28.0 Å². The van der Waals surface area contributed by atoms with Crippen molar-refractivity contribution in [3.05, 3.63) is 29.3 Å². The zero-order valence-electron chi connectivity index (χ0n) is 16.2. The van der Waals surface area contributed by atoms with Crippen molar-refractivity contribution in [2.24, 2.45) is 5.92 Å². The number of carbonyl (C=O) groups excluding carboxylic acids is 4. The number of rotatable bonds is 4. The molecule has 0 radical (unpaired) electrons. The van der Waals surface area contributed by atoms with Crippen molar-refractivity contribution < 1.29 is 28.0 Å². The predicted molar refractivity (Wildman–Crippen MR) is 102 cm³/mol. The number of hydrogen-bond acceptors (Lipinski definition) is 6. The standard InChI is InChI=1S/C20H22F2N4O4/c21-20(22)6-8-23-7-5-11(20)10-24-12-1-2-13-14(9-12)19(30)26(18(13)29)15-3-4-16(27)25-17(15)28/h1-2,9,11,15,23-24H,3-8,10H2,(H,25,27,28). The summed E-state index contributed by atoms with van der Waals surface area (Å²) >= 11 is 0. The van der Waals surface area contributed by atoms with Crippen LogP contribution in [0.5, 0.6) is 0 Å². The van der Waals surface area contributed by atoms with Gasteiger partial charge in [0.2, 0.25) is 11.8 Å². The van der Waals surface area contributed by atoms with E-state index in [-0.39, 0.29) is 43.5 Å². The Morgan fingerprint density at radius 2 is 1.83 bits per heavy atom. The Kier molecular flexibility index (Phi) is 5.27. The molecule has 2 atom stereocenters. The number of benzene rings is 1. The maximum Gasteiger partial charge on any atom is 0.262 e. The van der Waals surface area contributed by atoms with Crippen LogP contribution in [0.15, 0.2) is 18.2 Å². The number of amides is 4. The summed E-state index contributed by atoms with van der Waals surface area (Å²) in [6.45, 7) is 0.821. The van der Waals surface area contributed by atoms with Gasteiger partial charge in [0.1, 0.15) is 6.04 Å². The molecule has 1 aromatic rings. The second-order valence-corrected chi connectivity index (χ2v) is 7.84. The molecule has 2 unspecified atom stereocenters. The lowest BCUT2D eigenvalue weighted by atomic mass is 9.96. The van der Waals surface area contributed by atoms with Crippen LogP contribution in [-0.4, -0.2) is 60.1 Å². The summed E-state index contributed by atoms with van der Waals surface area (Å²) in [5.41, 5.74) is 0.719. The highest BCUT2D eigenvalue weighted by Crippen LogP contribution is 2.33. The molecular weight excluding hydrogens is 398 g/mol. The molecule has 30 heavy (non-hydrogen) atoms. The van der Waals surface area contributed by atoms with Gasteiger partial charge in [-0.1, -0.05) is 0 Å². The molecule has 3 N–H and O–H groups in total. The van der Waals surface area contributed by atoms with Gasteiger partial charge in [0.25, 0.3) is 17.7 Å². The van der Waals surface area contributed by atoms with Crippen LogP contribution < -0.4 is 16.0 Å². The second-order valence-electron chi connectivity index (χ2n) is 7.84. The van der Waals surface area contributed by atoms with Gasteiger partial charge in [-0.3, -0.25) is 29.4 Å². The molecule has 4 amide bonds. The van der Waals surface area contributed by atoms with E-state index in [2.05, 4.69) is 16.0 Å². The third kappa shape index (κ3) is 3.67. The fraction of sp³-hybridized carbons (Fsp3) is 0.500. The van der Waals surface area contributed by atoms with E-state index >= 15 is 0 Å². The normalized spacial score (nSPS) is 26.3. The summed E-state index contributed by atoms with van der Waals surface area (Å²) in [6.07, 6.45) is 0.218. The third-order valence-electron chi connectivity index (χ3n) is 5.89. The fourth-order valence-electron chi connectivity index (χ4n) is 4.15. The minimum atomic E-state index is -2.79. The largest absolute Gasteiger partial charge is 0.385 e. The van der Waals surface area contributed by atoms with E-state index in [1.165, 1.54) is 12.1 Å². The van der Waals surface area contributed by atoms with E-state index in [0.717, 1.165) is 4.90 Å². The van der Waals surface area contributed by atoms with Crippen LogP contribution in [0.4, 0.5) is 14.5 Å². The first-order valence-corrected chi connectivity index (χ1v) is 9.96. The highest BCUT2D eigenvalue weighted by Gasteiger charge is 2.45. The van der Waals surface area contributed by atoms with Gasteiger partial charge in [-0.2, -0.15) is 0 Å². The number of halogens is 2. The molecule has 0 saturated carbocycles. The summed E-state index contributed by atoms with van der Waals surface area (Å²) < 4.78 is 28.5. The number of fused-ring (bicyclic) bond motifs is 1. The molecule has 2 saturated heterocycles. The number of alkyl halides is 2. The van der Waals surface area contributed by atoms with E-state index < -0.39 is 41.5 Å². The zero-order valence-corrected chi connectivity index (χ0v) is 16.2. The van der Waals surface area contributed by atoms with Crippen LogP contribution >= 0.6 is 0 Å². The van der Waals surface area contributed by atoms with Crippen LogP contribution in [0, 0.1) is 5.92 Å². The highest BCUT2D eigenvalue weighted by atomic mass is 19.3. The lowest BCUT2D eigenvalue weighted by molar-refractivity contribution is -0.136. The van der Waals surface area contributed by atoms with Crippen LogP contribution in [-0.2, 0) is 9.59 Å². The first-order valence-electron chi connectivity index (χ1n) is 9.96. The van der Waals surface area contributed by atoms with Gasteiger partial charge in [-0.25, -0.2) is 8.78 Å². The van der Waals surface area contributed by atoms with E-state index in [4.69, 9.17) is 0 Å². The van der Waals surface area contributed by atoms with E-state index in [1.807, 2.05) is 0 Å². The molecule has 160 valence electrons. The Morgan fingerprint density at radius 1 is 1.07 bits per heavy atom. The van der Waals surface area contributed by atoms with Crippen molar-refractivity contribution in [2.45, 2.75) is 37.6 Å². The van der Waals surface area contributed by atoms with Crippen molar-refractivity contribution >= 4 is 29.3 Å². The number of anilines is 1. The lowest BCUT2D eigenvalue weighted by Gasteiger charge is -2.27. The molecule has 0 aliphatic carbocycles. The predicted octanol–water partition coefficient (Wildman–Crippen LogP) is 1.13. The SMILES string of the molecule is O=C1CCC(N2C(=O)c3ccc(NCC4CCNCCC4(F)F)cc3C2=O)C(=O)N1. The number of imide groups is 2. The molecule has 3 aliphatic heterocycles. The van der Waals surface area contributed by atoms with Gasteiger partial charge in [0, 0.05) is 37.5 Å². The first-order chi connectivity index (χ1) is 14.3. The molecule has 4 rings (SSSR count). The molecule has 0 bridgehead atoms. The average molecular weight is 420 g/mol. The zero-order chi connectivity index (χ0) is 21.5. The van der Waals surface area contributed by atoms with Gasteiger partial charge in [0.05, 0.1) is 11.1 Å². The smallest absolute Gasteiger partial charge is 0.262 e. The highest BCUT2D eigenvalue weighted by molar-refractivity contribution is 6.23. The molecule has 0 spiro atoms. The monoisotopic (exact) mass is 420 g/mol. The molecule has 2 fully saturated rings. The fourth-order valence-corrected chi connectivity index (χ4v) is 4.15. The van der Waals surface area contributed by atoms with Crippen LogP contribution in [0.1, 0.15) is 46.4 Å². The maximum absolute atomic E-state index is 14.2. The minimum absolute atomic E-state index is 0.0342. The summed E-state index contributed by atoms with van der Waals surface area (Å²) in [4.78, 5) is 49.8. The molecule has 1 aromatic carbocycles. The summed E-state index contributed by atoms with van der Waals surface area (Å²) in [5.74, 6) is -5.98. The van der Waals surface area contributed by atoms with Crippen molar-refractivity contribution in [1.82, 2.24) is 15.5 Å². The van der Waals surface area contributed by atoms with Crippen LogP contribution in [0.3, 0.4) is 0 Å². The van der Waals surface area contributed by atoms with Crippen LogP contribution in [0.25, 0.3) is 0 Å². The lowest BCUT2D eigenvalue weighted by Crippen LogP contribution is -2.54. The van der Waals surface area contributed by atoms with Gasteiger partial charge < -0.3 is 10.6 Å². The van der Waals surface area contributed by atoms with Gasteiger partial charge in [-0.05, 0) is 37.6 Å². The topological polar surface area (TPSA) is 108 Å². The quantitative estimate of drug-likeness (QED) is 0.631. The molecule has 10 heteroatoms. The first kappa shape index (κ1) is 20.4. The summed E-state index contributed by atoms with van der Waals surface area (Å²) in [6, 6.07) is 3.43. The van der Waals surface area contributed by atoms with Crippen molar-refractivity contribution in [3.8, 4) is 0 Å². The van der Waals surface area contributed by atoms with Gasteiger partial charge >= 0.3 is 0 Å². The Labute approximate surface area is 171 Å². The second kappa shape index (κ2) is 7.75. The number of nitrogens with one attached hydrogen (secondary N) is 3. The van der Waals surface area contributed by atoms with Gasteiger partial charge in [0.15, 0.2) is 0 Å². The van der Waals surface area contributed by atoms with Crippen molar-refractivity contribution in [1.29, 1.82) is 0 Å². The summed E-state index contributed by atoms with van der Waals surface area (Å²) in [5, 5.41) is 8.07. The van der Waals surface area contributed by atoms with E-state index in [0.29, 0.717) is 18.7 Å². The summed E-state index contributed by atoms with van der Waals surface area (Å²) in [7, 11) is 0. The number of carbonyl (C=O) groups is 4. The molecule has 0 aromatic heterocycles. The van der Waals surface area contributed by atoms with E-state index in [1.54, 1.807) is 6.07 Å². The number of piperidine rings is 1. The average Bonchev–Trinajstić information content (AvgIpc) is 2.82. The Bertz CT molecular complexity index is 920. The van der Waals surface area contributed by atoms with Crippen molar-refractivity contribution in [3.63, 3.8) is 0 Å². The number of hydrogen-bond donors (Lipinski definition) is 3. The molecule has 3 heterocycles. The Hall–Kier alpha value is -2.88. The van der Waals surface area contributed by atoms with Crippen LogP contribution in [0.2, 0.25) is 0 Å². The van der Waals surface area contributed by atoms with Crippen molar-refractivity contribution in [2.75, 3.05) is 25.0 Å². The molecule has 3 aliphatic rings. The maximum atomic E-state index is 14.2. The Balaban J connectivity index is 1.49. The Morgan fingerprint density at radius 3 is 2.60 bits per heavy atom. The number of nitrogens with zero attached hydrogens (tertiary/aromatic N) is 1. The third-order valence-corrected chi connectivity index (χ3v) is 5.89. The minimum Gasteiger partial charge on any atom is -0.385 e. The van der Waals surface area contributed by atoms with Gasteiger partial charge in [-0.15, -0.1) is 0 Å². The molecular formula is C20H22F2N4O4. The molecule has 8 nitrogen and oxygen atoms in total.